The summed E-state index contributed by atoms with van der Waals surface area (Å²) in [5, 5.41) is 9.00. The number of hydrogen-bond acceptors (Lipinski definition) is 4. The predicted octanol–water partition coefficient (Wildman–Crippen LogP) is 2.37. The van der Waals surface area contributed by atoms with Crippen molar-refractivity contribution in [2.75, 3.05) is 26.2 Å². The number of sulfonamides is 1. The maximum absolute atomic E-state index is 12.9. The Kier molecular flexibility index (Phi) is 6.59. The number of carboxylic acids is 1. The zero-order valence-electron chi connectivity index (χ0n) is 15.2. The Bertz CT molecular complexity index is 695. The Balaban J connectivity index is 2.08. The van der Waals surface area contributed by atoms with E-state index in [-0.39, 0.29) is 18.5 Å². The Hall–Kier alpha value is -1.44. The van der Waals surface area contributed by atoms with Crippen LogP contribution >= 0.6 is 0 Å². The molecule has 25 heavy (non-hydrogen) atoms. The van der Waals surface area contributed by atoms with Crippen LogP contribution in [0.25, 0.3) is 0 Å². The lowest BCUT2D eigenvalue weighted by Crippen LogP contribution is -2.48. The normalized spacial score (nSPS) is 17.3. The number of benzene rings is 1. The quantitative estimate of drug-likeness (QED) is 0.799. The maximum Gasteiger partial charge on any atom is 0.317 e. The van der Waals surface area contributed by atoms with Gasteiger partial charge >= 0.3 is 5.97 Å². The van der Waals surface area contributed by atoms with Crippen LogP contribution in [0, 0.1) is 0 Å². The highest BCUT2D eigenvalue weighted by atomic mass is 32.2. The standard InChI is InChI=1S/C18H28N2O4S/c1-4-19(13-18(21)22)16-8-10-20(11-9-16)25(23,24)17-7-5-6-15(12-17)14(2)3/h5-7,12,14,16H,4,8-11,13H2,1-3H3,(H,21,22). The highest BCUT2D eigenvalue weighted by molar-refractivity contribution is 7.89. The third-order valence-electron chi connectivity index (χ3n) is 4.85. The van der Waals surface area contributed by atoms with Crippen LogP contribution in [-0.4, -0.2) is 60.9 Å². The SMILES string of the molecule is CCN(CC(=O)O)C1CCN(S(=O)(=O)c2cccc(C(C)C)c2)CC1. The van der Waals surface area contributed by atoms with E-state index in [1.165, 1.54) is 4.31 Å². The van der Waals surface area contributed by atoms with Gasteiger partial charge in [-0.3, -0.25) is 9.69 Å². The van der Waals surface area contributed by atoms with Gasteiger partial charge in [0.1, 0.15) is 0 Å². The number of aliphatic carboxylic acids is 1. The molecule has 0 aliphatic carbocycles. The molecule has 0 radical (unpaired) electrons. The Morgan fingerprint density at radius 1 is 1.32 bits per heavy atom. The van der Waals surface area contributed by atoms with E-state index in [9.17, 15) is 13.2 Å². The largest absolute Gasteiger partial charge is 0.480 e. The first-order valence-corrected chi connectivity index (χ1v) is 10.3. The number of rotatable bonds is 7. The van der Waals surface area contributed by atoms with Crippen molar-refractivity contribution < 1.29 is 18.3 Å². The monoisotopic (exact) mass is 368 g/mol. The van der Waals surface area contributed by atoms with E-state index in [2.05, 4.69) is 0 Å². The molecule has 7 heteroatoms. The molecule has 1 heterocycles. The molecule has 0 saturated carbocycles. The summed E-state index contributed by atoms with van der Waals surface area (Å²) < 4.78 is 27.3. The van der Waals surface area contributed by atoms with Crippen LogP contribution in [0.5, 0.6) is 0 Å². The van der Waals surface area contributed by atoms with Gasteiger partial charge in [-0.05, 0) is 43.0 Å². The average molecular weight is 368 g/mol. The minimum Gasteiger partial charge on any atom is -0.480 e. The van der Waals surface area contributed by atoms with E-state index < -0.39 is 16.0 Å². The fraction of sp³-hybridized carbons (Fsp3) is 0.611. The van der Waals surface area contributed by atoms with Gasteiger partial charge in [0.15, 0.2) is 0 Å². The van der Waals surface area contributed by atoms with Gasteiger partial charge in [-0.1, -0.05) is 32.9 Å². The molecule has 1 aliphatic heterocycles. The van der Waals surface area contributed by atoms with Crippen LogP contribution in [0.15, 0.2) is 29.2 Å². The Labute approximate surface area is 150 Å². The van der Waals surface area contributed by atoms with Gasteiger partial charge in [0.2, 0.25) is 10.0 Å². The van der Waals surface area contributed by atoms with Gasteiger partial charge in [0, 0.05) is 19.1 Å². The maximum atomic E-state index is 12.9. The number of likely N-dealkylation sites (N-methyl/N-ethyl adjacent to an activating group) is 1. The summed E-state index contributed by atoms with van der Waals surface area (Å²) in [4.78, 5) is 13.2. The Morgan fingerprint density at radius 3 is 2.48 bits per heavy atom. The van der Waals surface area contributed by atoms with E-state index in [0.717, 1.165) is 5.56 Å². The van der Waals surface area contributed by atoms with Crippen LogP contribution in [0.1, 0.15) is 45.1 Å². The molecule has 140 valence electrons. The summed E-state index contributed by atoms with van der Waals surface area (Å²) in [5.74, 6) is -0.572. The van der Waals surface area contributed by atoms with Crippen LogP contribution < -0.4 is 0 Å². The first-order chi connectivity index (χ1) is 11.8. The molecule has 0 unspecified atom stereocenters. The minimum atomic E-state index is -3.50. The first kappa shape index (κ1) is 19.9. The smallest absolute Gasteiger partial charge is 0.317 e. The van der Waals surface area contributed by atoms with E-state index >= 15 is 0 Å². The van der Waals surface area contributed by atoms with Crippen LogP contribution in [0.4, 0.5) is 0 Å². The number of piperidine rings is 1. The second kappa shape index (κ2) is 8.29. The van der Waals surface area contributed by atoms with Crippen molar-refractivity contribution in [3.8, 4) is 0 Å². The lowest BCUT2D eigenvalue weighted by molar-refractivity contribution is -0.139. The third-order valence-corrected chi connectivity index (χ3v) is 6.74. The van der Waals surface area contributed by atoms with E-state index in [0.29, 0.717) is 37.4 Å². The molecule has 1 aliphatic rings. The third kappa shape index (κ3) is 4.80. The van der Waals surface area contributed by atoms with E-state index in [4.69, 9.17) is 5.11 Å². The van der Waals surface area contributed by atoms with E-state index in [1.54, 1.807) is 18.2 Å². The zero-order valence-corrected chi connectivity index (χ0v) is 16.0. The van der Waals surface area contributed by atoms with Crippen LogP contribution in [0.2, 0.25) is 0 Å². The van der Waals surface area contributed by atoms with Gasteiger partial charge in [-0.15, -0.1) is 0 Å². The molecule has 1 N–H and O–H groups in total. The molecule has 1 aromatic rings. The van der Waals surface area contributed by atoms with Crippen LogP contribution in [-0.2, 0) is 14.8 Å². The lowest BCUT2D eigenvalue weighted by atomic mass is 10.0. The summed E-state index contributed by atoms with van der Waals surface area (Å²) >= 11 is 0. The molecule has 2 rings (SSSR count). The zero-order chi connectivity index (χ0) is 18.6. The summed E-state index contributed by atoms with van der Waals surface area (Å²) in [6.45, 7) is 7.52. The summed E-state index contributed by atoms with van der Waals surface area (Å²) in [6, 6.07) is 7.27. The van der Waals surface area contributed by atoms with Crippen molar-refractivity contribution in [3.05, 3.63) is 29.8 Å². The Morgan fingerprint density at radius 2 is 1.96 bits per heavy atom. The molecule has 1 aromatic carbocycles. The predicted molar refractivity (Wildman–Crippen MR) is 97.2 cm³/mol. The fourth-order valence-corrected chi connectivity index (χ4v) is 4.83. The molecule has 0 bridgehead atoms. The molecule has 0 spiro atoms. The summed E-state index contributed by atoms with van der Waals surface area (Å²) in [5.41, 5.74) is 1.01. The van der Waals surface area contributed by atoms with Crippen LogP contribution in [0.3, 0.4) is 0 Å². The molecular weight excluding hydrogens is 340 g/mol. The van der Waals surface area contributed by atoms with Crippen molar-refractivity contribution in [1.82, 2.24) is 9.21 Å². The number of nitrogens with zero attached hydrogens (tertiary/aromatic N) is 2. The van der Waals surface area contributed by atoms with Gasteiger partial charge in [0.05, 0.1) is 11.4 Å². The summed E-state index contributed by atoms with van der Waals surface area (Å²) in [6.07, 6.45) is 1.31. The number of hydrogen-bond donors (Lipinski definition) is 1. The molecule has 1 fully saturated rings. The van der Waals surface area contributed by atoms with Crippen molar-refractivity contribution in [1.29, 1.82) is 0 Å². The molecule has 0 atom stereocenters. The van der Waals surface area contributed by atoms with Crippen molar-refractivity contribution >= 4 is 16.0 Å². The van der Waals surface area contributed by atoms with E-state index in [1.807, 2.05) is 31.7 Å². The van der Waals surface area contributed by atoms with Crippen molar-refractivity contribution in [3.63, 3.8) is 0 Å². The minimum absolute atomic E-state index is 0.00432. The number of carbonyl (C=O) groups is 1. The van der Waals surface area contributed by atoms with Gasteiger partial charge in [-0.25, -0.2) is 8.42 Å². The molecule has 6 nitrogen and oxygen atoms in total. The second-order valence-corrected chi connectivity index (χ2v) is 8.76. The van der Waals surface area contributed by atoms with Crippen molar-refractivity contribution in [2.45, 2.75) is 50.5 Å². The average Bonchev–Trinajstić information content (AvgIpc) is 2.59. The molecule has 1 saturated heterocycles. The van der Waals surface area contributed by atoms with Crippen molar-refractivity contribution in [2.24, 2.45) is 0 Å². The topological polar surface area (TPSA) is 77.9 Å². The molecule has 0 amide bonds. The highest BCUT2D eigenvalue weighted by Gasteiger charge is 2.32. The lowest BCUT2D eigenvalue weighted by Gasteiger charge is -2.36. The first-order valence-electron chi connectivity index (χ1n) is 8.81. The highest BCUT2D eigenvalue weighted by Crippen LogP contribution is 2.25. The molecule has 0 aromatic heterocycles. The second-order valence-electron chi connectivity index (χ2n) is 6.82. The number of carboxylic acid groups (broad SMARTS) is 1. The van der Waals surface area contributed by atoms with Gasteiger partial charge in [-0.2, -0.15) is 4.31 Å². The van der Waals surface area contributed by atoms with Gasteiger partial charge in [0.25, 0.3) is 0 Å². The molecular formula is C18H28N2O4S. The van der Waals surface area contributed by atoms with Gasteiger partial charge < -0.3 is 5.11 Å². The fourth-order valence-electron chi connectivity index (χ4n) is 3.30. The summed E-state index contributed by atoms with van der Waals surface area (Å²) in [7, 11) is -3.50.